The maximum Gasteiger partial charge on any atom is 0.323 e. The normalized spacial score (nSPS) is 13.0. The molecular formula is C37H64N6O4. The zero-order valence-electron chi connectivity index (χ0n) is 29.7. The number of nitrogen functional groups attached to an aromatic ring is 1. The van der Waals surface area contributed by atoms with Crippen molar-refractivity contribution in [2.45, 2.75) is 155 Å². The van der Waals surface area contributed by atoms with Crippen LogP contribution in [0.3, 0.4) is 0 Å². The Hall–Kier alpha value is -3.01. The number of ether oxygens (including phenoxy) is 2. The highest BCUT2D eigenvalue weighted by atomic mass is 16.5. The molecular weight excluding hydrogens is 592 g/mol. The van der Waals surface area contributed by atoms with Gasteiger partial charge in [-0.25, -0.2) is 9.97 Å². The Bertz CT molecular complexity index is 1150. The van der Waals surface area contributed by atoms with Gasteiger partial charge >= 0.3 is 11.9 Å². The van der Waals surface area contributed by atoms with Crippen LogP contribution in [0.1, 0.15) is 143 Å². The van der Waals surface area contributed by atoms with E-state index in [0.29, 0.717) is 30.6 Å². The van der Waals surface area contributed by atoms with E-state index in [-0.39, 0.29) is 37.0 Å². The summed E-state index contributed by atoms with van der Waals surface area (Å²) >= 11 is 0. The number of hydrogen-bond acceptors (Lipinski definition) is 9. The van der Waals surface area contributed by atoms with Crippen LogP contribution in [-0.2, 0) is 25.6 Å². The number of unbranched alkanes of at least 4 members (excludes halogenated alkanes) is 15. The second kappa shape index (κ2) is 25.1. The summed E-state index contributed by atoms with van der Waals surface area (Å²) in [4.78, 5) is 37.4. The first-order chi connectivity index (χ1) is 22.8. The van der Waals surface area contributed by atoms with Crippen LogP contribution in [0.15, 0.2) is 24.7 Å². The van der Waals surface area contributed by atoms with Crippen molar-refractivity contribution in [3.63, 3.8) is 0 Å². The van der Waals surface area contributed by atoms with Crippen LogP contribution in [0, 0.1) is 11.8 Å². The maximum atomic E-state index is 12.4. The van der Waals surface area contributed by atoms with E-state index in [4.69, 9.17) is 20.9 Å². The zero-order chi connectivity index (χ0) is 34.1. The van der Waals surface area contributed by atoms with E-state index in [2.05, 4.69) is 34.0 Å². The van der Waals surface area contributed by atoms with E-state index in [9.17, 15) is 9.59 Å². The lowest BCUT2D eigenvalue weighted by Crippen LogP contribution is -2.38. The lowest BCUT2D eigenvalue weighted by Gasteiger charge is -2.20. The molecule has 10 nitrogen and oxygen atoms in total. The monoisotopic (exact) mass is 656 g/mol. The number of allylic oxidation sites excluding steroid dienone is 2. The van der Waals surface area contributed by atoms with Gasteiger partial charge in [-0.15, -0.1) is 0 Å². The molecule has 47 heavy (non-hydrogen) atoms. The third-order valence-corrected chi connectivity index (χ3v) is 8.72. The number of nitrogens with two attached hydrogens (primary N) is 2. The van der Waals surface area contributed by atoms with Gasteiger partial charge in [-0.2, -0.15) is 4.98 Å². The van der Waals surface area contributed by atoms with Crippen molar-refractivity contribution in [1.82, 2.24) is 19.5 Å². The van der Waals surface area contributed by atoms with Crippen molar-refractivity contribution in [3.8, 4) is 0 Å². The van der Waals surface area contributed by atoms with Gasteiger partial charge in [0.25, 0.3) is 0 Å². The summed E-state index contributed by atoms with van der Waals surface area (Å²) in [6.07, 6.45) is 30.5. The molecule has 266 valence electrons. The molecule has 4 N–H and O–H groups in total. The molecule has 0 aliphatic heterocycles. The molecule has 10 heteroatoms. The number of esters is 2. The fourth-order valence-corrected chi connectivity index (χ4v) is 5.53. The van der Waals surface area contributed by atoms with E-state index in [1.807, 2.05) is 18.4 Å². The Morgan fingerprint density at radius 1 is 0.851 bits per heavy atom. The van der Waals surface area contributed by atoms with Crippen LogP contribution in [0.25, 0.3) is 11.2 Å². The van der Waals surface area contributed by atoms with Crippen molar-refractivity contribution >= 4 is 29.1 Å². The Balaban J connectivity index is 1.54. The number of hydrogen-bond donors (Lipinski definition) is 2. The summed E-state index contributed by atoms with van der Waals surface area (Å²) in [6, 6.07) is -0.688. The van der Waals surface area contributed by atoms with Gasteiger partial charge in [-0.1, -0.05) is 110 Å². The summed E-state index contributed by atoms with van der Waals surface area (Å²) in [5, 5.41) is 0. The van der Waals surface area contributed by atoms with Gasteiger partial charge in [-0.05, 0) is 44.4 Å². The molecule has 2 aromatic heterocycles. The molecule has 2 heterocycles. The lowest BCUT2D eigenvalue weighted by atomic mass is 10.1. The maximum absolute atomic E-state index is 12.4. The van der Waals surface area contributed by atoms with Gasteiger partial charge in [0.1, 0.15) is 11.6 Å². The van der Waals surface area contributed by atoms with Crippen molar-refractivity contribution in [2.24, 2.45) is 17.6 Å². The van der Waals surface area contributed by atoms with Crippen LogP contribution < -0.4 is 11.5 Å². The SMILES string of the molecule is CCCCCCCCC=CCCCCCCCCCCCC(=O)OCC[C@@H](COC(=O)[C@@H](N)C(C)C)Cn1cnc2cnc(N)nc21. The lowest BCUT2D eigenvalue weighted by molar-refractivity contribution is -0.149. The predicted molar refractivity (Wildman–Crippen MR) is 190 cm³/mol. The summed E-state index contributed by atoms with van der Waals surface area (Å²) < 4.78 is 12.9. The van der Waals surface area contributed by atoms with Crippen molar-refractivity contribution in [2.75, 3.05) is 18.9 Å². The summed E-state index contributed by atoms with van der Waals surface area (Å²) in [5.74, 6) is -0.623. The summed E-state index contributed by atoms with van der Waals surface area (Å²) in [6.45, 7) is 6.88. The first kappa shape index (κ1) is 40.2. The fraction of sp³-hybridized carbons (Fsp3) is 0.757. The number of carbonyl (C=O) groups is 2. The topological polar surface area (TPSA) is 148 Å². The summed E-state index contributed by atoms with van der Waals surface area (Å²) in [7, 11) is 0. The first-order valence-electron chi connectivity index (χ1n) is 18.5. The molecule has 0 amide bonds. The first-order valence-corrected chi connectivity index (χ1v) is 18.5. The van der Waals surface area contributed by atoms with Crippen LogP contribution in [0.5, 0.6) is 0 Å². The molecule has 0 unspecified atom stereocenters. The van der Waals surface area contributed by atoms with Crippen LogP contribution in [0.4, 0.5) is 5.95 Å². The smallest absolute Gasteiger partial charge is 0.323 e. The van der Waals surface area contributed by atoms with Gasteiger partial charge < -0.3 is 25.5 Å². The number of aromatic nitrogens is 4. The average molecular weight is 657 g/mol. The molecule has 2 atom stereocenters. The summed E-state index contributed by atoms with van der Waals surface area (Å²) in [5.41, 5.74) is 13.0. The van der Waals surface area contributed by atoms with E-state index < -0.39 is 12.0 Å². The highest BCUT2D eigenvalue weighted by Crippen LogP contribution is 2.17. The van der Waals surface area contributed by atoms with Gasteiger partial charge in [0.2, 0.25) is 5.95 Å². The Morgan fingerprint density at radius 2 is 1.45 bits per heavy atom. The van der Waals surface area contributed by atoms with E-state index in [1.54, 1.807) is 12.5 Å². The molecule has 2 rings (SSSR count). The van der Waals surface area contributed by atoms with Gasteiger partial charge in [-0.3, -0.25) is 9.59 Å². The van der Waals surface area contributed by atoms with Crippen LogP contribution in [-0.4, -0.2) is 50.7 Å². The Morgan fingerprint density at radius 3 is 2.06 bits per heavy atom. The molecule has 0 spiro atoms. The predicted octanol–water partition coefficient (Wildman–Crippen LogP) is 8.08. The minimum absolute atomic E-state index is 0.0268. The number of imidazole rings is 1. The van der Waals surface area contributed by atoms with E-state index in [1.165, 1.54) is 89.9 Å². The Labute approximate surface area is 283 Å². The van der Waals surface area contributed by atoms with Crippen LogP contribution in [0.2, 0.25) is 0 Å². The molecule has 0 aromatic carbocycles. The minimum atomic E-state index is -0.688. The van der Waals surface area contributed by atoms with Gasteiger partial charge in [0.05, 0.1) is 25.7 Å². The minimum Gasteiger partial charge on any atom is -0.466 e. The molecule has 0 aliphatic rings. The highest BCUT2D eigenvalue weighted by Gasteiger charge is 2.22. The second-order valence-corrected chi connectivity index (χ2v) is 13.4. The standard InChI is InChI=1S/C37H64N6O4/c1-4-5-6-7-8-9-10-11-12-13-14-15-16-17-18-19-20-21-22-23-33(44)46-25-24-31(28-47-36(45)34(38)30(2)3)27-43-29-41-32-26-40-37(39)42-35(32)43/h11-12,26,29-31,34H,4-10,13-25,27-28,38H2,1-3H3,(H2,39,40,42)/t31-,34+/m1/s1. The number of rotatable bonds is 28. The Kier molecular flexibility index (Phi) is 21.4. The van der Waals surface area contributed by atoms with E-state index >= 15 is 0 Å². The van der Waals surface area contributed by atoms with Gasteiger partial charge in [0, 0.05) is 18.9 Å². The second-order valence-electron chi connectivity index (χ2n) is 13.4. The zero-order valence-corrected chi connectivity index (χ0v) is 29.7. The third kappa shape index (κ3) is 18.2. The van der Waals surface area contributed by atoms with E-state index in [0.717, 1.165) is 19.3 Å². The molecule has 0 saturated heterocycles. The largest absolute Gasteiger partial charge is 0.466 e. The highest BCUT2D eigenvalue weighted by molar-refractivity contribution is 5.75. The van der Waals surface area contributed by atoms with Gasteiger partial charge in [0.15, 0.2) is 5.65 Å². The number of fused-ring (bicyclic) bond motifs is 1. The average Bonchev–Trinajstić information content (AvgIpc) is 3.45. The number of carbonyl (C=O) groups excluding carboxylic acids is 2. The molecule has 0 saturated carbocycles. The molecule has 0 radical (unpaired) electrons. The van der Waals surface area contributed by atoms with Crippen molar-refractivity contribution in [3.05, 3.63) is 24.7 Å². The third-order valence-electron chi connectivity index (χ3n) is 8.72. The van der Waals surface area contributed by atoms with Crippen LogP contribution >= 0.6 is 0 Å². The number of anilines is 1. The van der Waals surface area contributed by atoms with Crippen molar-refractivity contribution < 1.29 is 19.1 Å². The molecule has 0 fully saturated rings. The number of nitrogens with zero attached hydrogens (tertiary/aromatic N) is 4. The molecule has 0 bridgehead atoms. The molecule has 0 aliphatic carbocycles. The fourth-order valence-electron chi connectivity index (χ4n) is 5.53. The quantitative estimate of drug-likeness (QED) is 0.0526. The van der Waals surface area contributed by atoms with Crippen molar-refractivity contribution in [1.29, 1.82) is 0 Å². The molecule has 2 aromatic rings.